The third-order valence-corrected chi connectivity index (χ3v) is 16.0. The molecule has 5 aliphatic carbocycles. The van der Waals surface area contributed by atoms with Crippen LogP contribution in [-0.2, 0) is 16.6 Å². The Hall–Kier alpha value is -3.14. The monoisotopic (exact) mass is 668 g/mol. The zero-order valence-electron chi connectivity index (χ0n) is 29.7. The van der Waals surface area contributed by atoms with Crippen LogP contribution in [0.1, 0.15) is 117 Å². The number of nitrogens with one attached hydrogen (secondary N) is 2. The average molecular weight is 669 g/mol. The first-order valence-corrected chi connectivity index (χ1v) is 18.7. The Balaban J connectivity index is 1.33. The molecular weight excluding hydrogens is 617 g/mol. The largest absolute Gasteiger partial charge is 0.382 e. The molecule has 3 aromatic heterocycles. The van der Waals surface area contributed by atoms with Crippen molar-refractivity contribution in [3.63, 3.8) is 0 Å². The molecule has 48 heavy (non-hydrogen) atoms. The number of H-pyrrole nitrogens is 2. The highest BCUT2D eigenvalue weighted by Crippen LogP contribution is 2.77. The number of hydrogen-bond acceptors (Lipinski definition) is 8. The second-order valence-electron chi connectivity index (χ2n) is 18.1. The van der Waals surface area contributed by atoms with Crippen molar-refractivity contribution >= 4 is 34.2 Å². The number of aromatic nitrogens is 6. The number of pyridine rings is 1. The van der Waals surface area contributed by atoms with Gasteiger partial charge in [0.05, 0.1) is 0 Å². The summed E-state index contributed by atoms with van der Waals surface area (Å²) in [6.45, 7) is 17.4. The number of carbonyl (C=O) groups is 1. The molecule has 3 heterocycles. The van der Waals surface area contributed by atoms with Crippen molar-refractivity contribution in [2.75, 3.05) is 11.5 Å². The SMILES string of the molecule is CC1(C)CC[C@]2(C(=O)Sc3n[nH]c(N)n3)CC[C@]3(C)C(=C(c4cccnc4)CC4[C@@]5(C)Cc6c(N)n[nH]c6C(C)(C)[C@@H]5CC[C@]43C)[C@@H]2C1. The van der Waals surface area contributed by atoms with Gasteiger partial charge >= 0.3 is 0 Å². The average Bonchev–Trinajstić information content (AvgIpc) is 3.61. The Morgan fingerprint density at radius 1 is 0.958 bits per heavy atom. The molecule has 8 rings (SSSR count). The fourth-order valence-corrected chi connectivity index (χ4v) is 13.4. The van der Waals surface area contributed by atoms with Gasteiger partial charge in [-0.05, 0) is 126 Å². The maximum atomic E-state index is 14.7. The number of nitrogens with zero attached hydrogens (tertiary/aromatic N) is 4. The van der Waals surface area contributed by atoms with Crippen LogP contribution in [-0.4, -0.2) is 35.5 Å². The maximum Gasteiger partial charge on any atom is 0.217 e. The first-order valence-electron chi connectivity index (χ1n) is 17.9. The first kappa shape index (κ1) is 32.1. The third kappa shape index (κ3) is 4.19. The number of rotatable bonds is 3. The molecular formula is C38H52N8OS. The molecule has 0 radical (unpaired) electrons. The van der Waals surface area contributed by atoms with Crippen LogP contribution in [0.5, 0.6) is 0 Å². The molecule has 0 bridgehead atoms. The van der Waals surface area contributed by atoms with E-state index in [0.29, 0.717) is 22.8 Å². The molecule has 0 saturated heterocycles. The predicted octanol–water partition coefficient (Wildman–Crippen LogP) is 7.75. The molecule has 1 unspecified atom stereocenters. The number of anilines is 2. The van der Waals surface area contributed by atoms with Crippen molar-refractivity contribution in [3.05, 3.63) is 46.9 Å². The number of nitrogens with two attached hydrogens (primary N) is 2. The lowest BCUT2D eigenvalue weighted by Crippen LogP contribution is -2.65. The normalized spacial score (nSPS) is 37.9. The number of nitrogen functional groups attached to an aromatic ring is 2. The smallest absolute Gasteiger partial charge is 0.217 e. The second-order valence-corrected chi connectivity index (χ2v) is 19.0. The van der Waals surface area contributed by atoms with E-state index in [4.69, 9.17) is 11.5 Å². The molecule has 9 nitrogen and oxygen atoms in total. The fraction of sp³-hybridized carbons (Fsp3) is 0.658. The molecule has 3 saturated carbocycles. The van der Waals surface area contributed by atoms with Crippen molar-refractivity contribution in [2.45, 2.75) is 117 Å². The lowest BCUT2D eigenvalue weighted by molar-refractivity contribution is -0.161. The van der Waals surface area contributed by atoms with Crippen LogP contribution in [0.25, 0.3) is 5.57 Å². The van der Waals surface area contributed by atoms with E-state index in [1.165, 1.54) is 52.6 Å². The summed E-state index contributed by atoms with van der Waals surface area (Å²) < 4.78 is 0. The minimum absolute atomic E-state index is 0.0289. The third-order valence-electron chi connectivity index (χ3n) is 15.0. The van der Waals surface area contributed by atoms with Gasteiger partial charge in [0.2, 0.25) is 16.2 Å². The van der Waals surface area contributed by atoms with Gasteiger partial charge in [-0.1, -0.05) is 60.1 Å². The fourth-order valence-electron chi connectivity index (χ4n) is 12.5. The molecule has 6 N–H and O–H groups in total. The number of aromatic amines is 2. The maximum absolute atomic E-state index is 14.7. The van der Waals surface area contributed by atoms with Crippen molar-refractivity contribution in [1.29, 1.82) is 0 Å². The number of thioether (sulfide) groups is 1. The topological polar surface area (TPSA) is 152 Å². The summed E-state index contributed by atoms with van der Waals surface area (Å²) in [4.78, 5) is 23.7. The summed E-state index contributed by atoms with van der Waals surface area (Å²) in [6, 6.07) is 4.34. The van der Waals surface area contributed by atoms with Crippen LogP contribution in [0.4, 0.5) is 11.8 Å². The Bertz CT molecular complexity index is 1830. The number of fused-ring (bicyclic) bond motifs is 8. The molecule has 0 amide bonds. The van der Waals surface area contributed by atoms with Gasteiger partial charge in [0.1, 0.15) is 5.82 Å². The van der Waals surface area contributed by atoms with E-state index in [0.717, 1.165) is 44.9 Å². The van der Waals surface area contributed by atoms with Crippen LogP contribution < -0.4 is 11.5 Å². The first-order chi connectivity index (χ1) is 22.6. The summed E-state index contributed by atoms with van der Waals surface area (Å²) in [6.07, 6.45) is 13.0. The van der Waals surface area contributed by atoms with Gasteiger partial charge in [0, 0.05) is 34.5 Å². The standard InChI is InChI=1S/C38H52N8OS/c1-33(2)12-14-38(30(47)48-32-42-31(40)45-46-32)15-13-37(7)27(24(38)19-33)22(21-9-8-16-41-20-21)17-26-35(5)18-23-28(43-44-29(23)39)34(3,4)25(35)10-11-36(26,37)6/h8-9,16,20,24-26H,10-15,17-19H2,1-7H3,(H3,39,43,44)(H3,40,42,45,46)/t24-,25-,26?,35-,36+,37+,38-/m0/s1. The van der Waals surface area contributed by atoms with Gasteiger partial charge in [0.15, 0.2) is 0 Å². The van der Waals surface area contributed by atoms with Crippen molar-refractivity contribution < 1.29 is 4.79 Å². The van der Waals surface area contributed by atoms with Gasteiger partial charge < -0.3 is 11.5 Å². The van der Waals surface area contributed by atoms with E-state index >= 15 is 0 Å². The van der Waals surface area contributed by atoms with Crippen LogP contribution in [0.2, 0.25) is 0 Å². The minimum atomic E-state index is -0.477. The van der Waals surface area contributed by atoms with Gasteiger partial charge in [0.25, 0.3) is 0 Å². The summed E-state index contributed by atoms with van der Waals surface area (Å²) in [7, 11) is 0. The predicted molar refractivity (Wildman–Crippen MR) is 190 cm³/mol. The van der Waals surface area contributed by atoms with E-state index in [1.807, 2.05) is 6.20 Å². The van der Waals surface area contributed by atoms with E-state index < -0.39 is 5.41 Å². The Labute approximate surface area is 288 Å². The molecule has 10 heteroatoms. The molecule has 256 valence electrons. The molecule has 7 atom stereocenters. The van der Waals surface area contributed by atoms with Crippen molar-refractivity contribution in [3.8, 4) is 0 Å². The Morgan fingerprint density at radius 3 is 2.44 bits per heavy atom. The zero-order chi connectivity index (χ0) is 34.1. The quantitative estimate of drug-likeness (QED) is 0.207. The van der Waals surface area contributed by atoms with E-state index in [9.17, 15) is 4.79 Å². The van der Waals surface area contributed by atoms with Gasteiger partial charge in [-0.25, -0.2) is 5.10 Å². The Kier molecular flexibility index (Phi) is 6.82. The second kappa shape index (κ2) is 10.2. The van der Waals surface area contributed by atoms with Gasteiger partial charge in [-0.3, -0.25) is 14.9 Å². The molecule has 0 aromatic carbocycles. The molecule has 0 aliphatic heterocycles. The molecule has 0 spiro atoms. The number of hydrogen-bond donors (Lipinski definition) is 4. The molecule has 5 aliphatic rings. The lowest BCUT2D eigenvalue weighted by atomic mass is 9.33. The Morgan fingerprint density at radius 2 is 1.73 bits per heavy atom. The van der Waals surface area contributed by atoms with Crippen molar-refractivity contribution in [1.82, 2.24) is 30.4 Å². The summed E-state index contributed by atoms with van der Waals surface area (Å²) in [5.41, 5.74) is 18.7. The van der Waals surface area contributed by atoms with Crippen molar-refractivity contribution in [2.24, 2.45) is 44.8 Å². The highest BCUT2D eigenvalue weighted by atomic mass is 32.2. The lowest BCUT2D eigenvalue weighted by Gasteiger charge is -2.71. The number of carbonyl (C=O) groups excluding carboxylic acids is 1. The van der Waals surface area contributed by atoms with Crippen LogP contribution in [0, 0.1) is 44.8 Å². The van der Waals surface area contributed by atoms with E-state index in [-0.39, 0.29) is 44.1 Å². The molecule has 3 fully saturated rings. The van der Waals surface area contributed by atoms with Crippen LogP contribution in [0.15, 0.2) is 35.3 Å². The van der Waals surface area contributed by atoms with Gasteiger partial charge in [-0.15, -0.1) is 5.10 Å². The van der Waals surface area contributed by atoms with Crippen LogP contribution >= 0.6 is 11.8 Å². The summed E-state index contributed by atoms with van der Waals surface area (Å²) in [5.74, 6) is 1.96. The van der Waals surface area contributed by atoms with Crippen LogP contribution in [0.3, 0.4) is 0 Å². The minimum Gasteiger partial charge on any atom is -0.382 e. The number of allylic oxidation sites excluding steroid dienone is 2. The highest BCUT2D eigenvalue weighted by molar-refractivity contribution is 8.13. The summed E-state index contributed by atoms with van der Waals surface area (Å²) >= 11 is 1.19. The molecule has 3 aromatic rings. The van der Waals surface area contributed by atoms with E-state index in [1.54, 1.807) is 0 Å². The highest BCUT2D eigenvalue weighted by Gasteiger charge is 2.70. The van der Waals surface area contributed by atoms with E-state index in [2.05, 4.69) is 97.2 Å². The summed E-state index contributed by atoms with van der Waals surface area (Å²) in [5, 5.41) is 15.5. The zero-order valence-corrected chi connectivity index (χ0v) is 30.5. The van der Waals surface area contributed by atoms with Gasteiger partial charge in [-0.2, -0.15) is 10.1 Å².